The fourth-order valence-corrected chi connectivity index (χ4v) is 1.83. The van der Waals surface area contributed by atoms with Gasteiger partial charge in [0, 0.05) is 9.75 Å². The number of hydrogen-bond acceptors (Lipinski definition) is 1. The smallest absolute Gasteiger partial charge is 0.0273 e. The number of hydrogen-bond donors (Lipinski definition) is 0. The Hall–Kier alpha value is -0.820. The minimum atomic E-state index is 1.32. The predicted molar refractivity (Wildman–Crippen MR) is 53.7 cm³/mol. The van der Waals surface area contributed by atoms with Gasteiger partial charge in [-0.3, -0.25) is 0 Å². The zero-order valence-electron chi connectivity index (χ0n) is 6.87. The van der Waals surface area contributed by atoms with E-state index in [9.17, 15) is 0 Å². The van der Waals surface area contributed by atoms with Crippen LogP contribution in [0.4, 0.5) is 0 Å². The van der Waals surface area contributed by atoms with E-state index >= 15 is 0 Å². The van der Waals surface area contributed by atoms with Crippen molar-refractivity contribution in [3.63, 3.8) is 0 Å². The molecule has 0 aliphatic carbocycles. The molecule has 1 heteroatoms. The molecule has 0 aromatic carbocycles. The third-order valence-electron chi connectivity index (χ3n) is 1.31. The van der Waals surface area contributed by atoms with Gasteiger partial charge < -0.3 is 0 Å². The van der Waals surface area contributed by atoms with Gasteiger partial charge in [0.25, 0.3) is 0 Å². The average molecular weight is 164 g/mol. The molecule has 1 aromatic heterocycles. The maximum Gasteiger partial charge on any atom is 0.0273 e. The molecule has 1 rings (SSSR count). The molecule has 0 fully saturated rings. The molecule has 0 unspecified atom stereocenters. The largest absolute Gasteiger partial charge is 0.137 e. The van der Waals surface area contributed by atoms with E-state index in [1.807, 2.05) is 25.2 Å². The monoisotopic (exact) mass is 164 g/mol. The zero-order chi connectivity index (χ0) is 8.10. The highest BCUT2D eigenvalue weighted by atomic mass is 32.1. The fourth-order valence-electron chi connectivity index (χ4n) is 0.876. The maximum atomic E-state index is 2.14. The van der Waals surface area contributed by atoms with Crippen LogP contribution in [0.15, 0.2) is 24.3 Å². The second-order valence-corrected chi connectivity index (χ2v) is 3.39. The first-order valence-corrected chi connectivity index (χ1v) is 4.53. The van der Waals surface area contributed by atoms with Crippen LogP contribution in [-0.2, 0) is 0 Å². The van der Waals surface area contributed by atoms with Gasteiger partial charge in [0.1, 0.15) is 0 Å². The maximum absolute atomic E-state index is 2.14. The molecule has 0 saturated heterocycles. The molecular formula is C10H12S. The fraction of sp³-hybridized carbons (Fsp3) is 0.200. The lowest BCUT2D eigenvalue weighted by Gasteiger charge is -1.80. The Labute approximate surface area is 71.9 Å². The van der Waals surface area contributed by atoms with Gasteiger partial charge in [0.05, 0.1) is 0 Å². The molecule has 1 heterocycles. The van der Waals surface area contributed by atoms with Gasteiger partial charge in [0.15, 0.2) is 0 Å². The number of rotatable bonds is 2. The summed E-state index contributed by atoms with van der Waals surface area (Å²) in [5.74, 6) is 0. The molecule has 0 amide bonds. The lowest BCUT2D eigenvalue weighted by atomic mass is 10.4. The SMILES string of the molecule is CC=Cc1ccc(C=CC)s1. The second-order valence-electron chi connectivity index (χ2n) is 2.24. The molecule has 0 aliphatic heterocycles. The first-order chi connectivity index (χ1) is 5.36. The lowest BCUT2D eigenvalue weighted by molar-refractivity contribution is 1.77. The van der Waals surface area contributed by atoms with Crippen molar-refractivity contribution < 1.29 is 0 Å². The summed E-state index contributed by atoms with van der Waals surface area (Å²) in [4.78, 5) is 2.64. The summed E-state index contributed by atoms with van der Waals surface area (Å²) in [6.07, 6.45) is 8.37. The van der Waals surface area contributed by atoms with Crippen molar-refractivity contribution in [1.82, 2.24) is 0 Å². The Kier molecular flexibility index (Phi) is 3.12. The van der Waals surface area contributed by atoms with Crippen molar-refractivity contribution in [3.8, 4) is 0 Å². The number of allylic oxidation sites excluding steroid dienone is 2. The van der Waals surface area contributed by atoms with Gasteiger partial charge in [-0.15, -0.1) is 11.3 Å². The molecule has 0 atom stereocenters. The lowest BCUT2D eigenvalue weighted by Crippen LogP contribution is -1.52. The van der Waals surface area contributed by atoms with Gasteiger partial charge in [-0.05, 0) is 38.1 Å². The van der Waals surface area contributed by atoms with Gasteiger partial charge in [-0.1, -0.05) is 12.2 Å². The Morgan fingerprint density at radius 1 is 1.00 bits per heavy atom. The van der Waals surface area contributed by atoms with Crippen LogP contribution in [0.1, 0.15) is 23.6 Å². The first-order valence-electron chi connectivity index (χ1n) is 3.72. The standard InChI is InChI=1S/C10H12S/c1-3-5-9-7-8-10(11-9)6-4-2/h3-8H,1-2H3. The highest BCUT2D eigenvalue weighted by Gasteiger charge is 1.90. The molecule has 58 valence electrons. The number of thiophene rings is 1. The average Bonchev–Trinajstić information content (AvgIpc) is 2.38. The minimum Gasteiger partial charge on any atom is -0.137 e. The molecule has 0 nitrogen and oxygen atoms in total. The summed E-state index contributed by atoms with van der Waals surface area (Å²) in [6, 6.07) is 4.28. The third kappa shape index (κ3) is 2.35. The highest BCUT2D eigenvalue weighted by molar-refractivity contribution is 7.13. The van der Waals surface area contributed by atoms with E-state index in [1.54, 1.807) is 0 Å². The van der Waals surface area contributed by atoms with Crippen molar-refractivity contribution >= 4 is 23.5 Å². The van der Waals surface area contributed by atoms with Crippen LogP contribution in [0, 0.1) is 0 Å². The minimum absolute atomic E-state index is 1.32. The molecule has 0 bridgehead atoms. The Morgan fingerprint density at radius 3 is 1.82 bits per heavy atom. The van der Waals surface area contributed by atoms with E-state index in [4.69, 9.17) is 0 Å². The highest BCUT2D eigenvalue weighted by Crippen LogP contribution is 2.18. The summed E-state index contributed by atoms with van der Waals surface area (Å²) in [6.45, 7) is 4.07. The van der Waals surface area contributed by atoms with Crippen LogP contribution in [0.2, 0.25) is 0 Å². The second kappa shape index (κ2) is 4.14. The summed E-state index contributed by atoms with van der Waals surface area (Å²) in [5, 5.41) is 0. The molecular weight excluding hydrogens is 152 g/mol. The van der Waals surface area contributed by atoms with Crippen LogP contribution in [0.5, 0.6) is 0 Å². The topological polar surface area (TPSA) is 0 Å². The summed E-state index contributed by atoms with van der Waals surface area (Å²) in [5.41, 5.74) is 0. The van der Waals surface area contributed by atoms with E-state index in [0.717, 1.165) is 0 Å². The van der Waals surface area contributed by atoms with Crippen LogP contribution >= 0.6 is 11.3 Å². The van der Waals surface area contributed by atoms with E-state index in [2.05, 4.69) is 36.4 Å². The molecule has 0 aliphatic rings. The summed E-state index contributed by atoms with van der Waals surface area (Å²) >= 11 is 1.81. The van der Waals surface area contributed by atoms with Gasteiger partial charge in [-0.2, -0.15) is 0 Å². The molecule has 0 radical (unpaired) electrons. The predicted octanol–water partition coefficient (Wildman–Crippen LogP) is 3.81. The van der Waals surface area contributed by atoms with E-state index in [-0.39, 0.29) is 0 Å². The Morgan fingerprint density at radius 2 is 1.45 bits per heavy atom. The van der Waals surface area contributed by atoms with Gasteiger partial charge in [-0.25, -0.2) is 0 Å². The van der Waals surface area contributed by atoms with E-state index in [1.165, 1.54) is 9.75 Å². The summed E-state index contributed by atoms with van der Waals surface area (Å²) in [7, 11) is 0. The zero-order valence-corrected chi connectivity index (χ0v) is 7.69. The van der Waals surface area contributed by atoms with Crippen molar-refractivity contribution in [1.29, 1.82) is 0 Å². The third-order valence-corrected chi connectivity index (χ3v) is 2.33. The first kappa shape index (κ1) is 8.28. The molecule has 11 heavy (non-hydrogen) atoms. The Balaban J connectivity index is 2.81. The van der Waals surface area contributed by atoms with E-state index < -0.39 is 0 Å². The molecule has 1 aromatic rings. The van der Waals surface area contributed by atoms with Gasteiger partial charge in [0.2, 0.25) is 0 Å². The molecule has 0 N–H and O–H groups in total. The Bertz CT molecular complexity index is 240. The van der Waals surface area contributed by atoms with Crippen LogP contribution in [0.25, 0.3) is 12.2 Å². The van der Waals surface area contributed by atoms with Crippen molar-refractivity contribution in [2.24, 2.45) is 0 Å². The van der Waals surface area contributed by atoms with Crippen molar-refractivity contribution in [2.75, 3.05) is 0 Å². The van der Waals surface area contributed by atoms with Gasteiger partial charge >= 0.3 is 0 Å². The summed E-state index contributed by atoms with van der Waals surface area (Å²) < 4.78 is 0. The molecule has 0 saturated carbocycles. The quantitative estimate of drug-likeness (QED) is 0.623. The van der Waals surface area contributed by atoms with Crippen molar-refractivity contribution in [2.45, 2.75) is 13.8 Å². The van der Waals surface area contributed by atoms with Crippen LogP contribution < -0.4 is 0 Å². The van der Waals surface area contributed by atoms with Crippen molar-refractivity contribution in [3.05, 3.63) is 34.0 Å². The molecule has 0 spiro atoms. The van der Waals surface area contributed by atoms with E-state index in [0.29, 0.717) is 0 Å². The van der Waals surface area contributed by atoms with Crippen LogP contribution in [-0.4, -0.2) is 0 Å². The normalized spacial score (nSPS) is 11.8. The van der Waals surface area contributed by atoms with Crippen LogP contribution in [0.3, 0.4) is 0 Å².